The summed E-state index contributed by atoms with van der Waals surface area (Å²) >= 11 is 0. The van der Waals surface area contributed by atoms with E-state index in [-0.39, 0.29) is 25.5 Å². The molecule has 0 rings (SSSR count). The van der Waals surface area contributed by atoms with Gasteiger partial charge < -0.3 is 19.4 Å². The molecule has 0 bridgehead atoms. The number of phosphoric ester groups is 1. The highest BCUT2D eigenvalue weighted by molar-refractivity contribution is 7.47. The summed E-state index contributed by atoms with van der Waals surface area (Å²) in [5.41, 5.74) is 0. The van der Waals surface area contributed by atoms with E-state index in [0.29, 0.717) is 23.9 Å². The normalized spacial score (nSPS) is 14.5. The Morgan fingerprint density at radius 3 is 1.62 bits per heavy atom. The molecular formula is C55H100N2O7P+. The summed E-state index contributed by atoms with van der Waals surface area (Å²) in [7, 11) is 1.45. The van der Waals surface area contributed by atoms with E-state index in [0.717, 1.165) is 70.6 Å². The second kappa shape index (κ2) is 45.2. The van der Waals surface area contributed by atoms with Crippen molar-refractivity contribution in [2.45, 2.75) is 226 Å². The molecule has 0 aliphatic rings. The fourth-order valence-electron chi connectivity index (χ4n) is 7.11. The second-order valence-electron chi connectivity index (χ2n) is 18.7. The third kappa shape index (κ3) is 46.4. The summed E-state index contributed by atoms with van der Waals surface area (Å²) in [6, 6.07) is -0.877. The summed E-state index contributed by atoms with van der Waals surface area (Å²) in [6.45, 7) is 6.80. The maximum Gasteiger partial charge on any atom is 0.472 e. The summed E-state index contributed by atoms with van der Waals surface area (Å²) in [4.78, 5) is 37.4. The van der Waals surface area contributed by atoms with Crippen LogP contribution in [0, 0.1) is 0 Å². The molecule has 1 amide bonds. The molecule has 3 atom stereocenters. The van der Waals surface area contributed by atoms with Gasteiger partial charge in [-0.3, -0.25) is 18.6 Å². The minimum absolute atomic E-state index is 0.0274. The molecule has 65 heavy (non-hydrogen) atoms. The number of amides is 1. The molecule has 0 aliphatic carbocycles. The average Bonchev–Trinajstić information content (AvgIpc) is 3.26. The third-order valence-electron chi connectivity index (χ3n) is 11.2. The summed E-state index contributed by atoms with van der Waals surface area (Å²) in [6.07, 6.45) is 56.2. The zero-order chi connectivity index (χ0) is 48.0. The van der Waals surface area contributed by atoms with Gasteiger partial charge in [-0.15, -0.1) is 0 Å². The van der Waals surface area contributed by atoms with E-state index in [1.807, 2.05) is 39.4 Å². The van der Waals surface area contributed by atoms with Crippen molar-refractivity contribution in [2.24, 2.45) is 0 Å². The lowest BCUT2D eigenvalue weighted by atomic mass is 10.1. The van der Waals surface area contributed by atoms with Gasteiger partial charge in [-0.2, -0.15) is 0 Å². The van der Waals surface area contributed by atoms with Gasteiger partial charge in [-0.05, 0) is 70.3 Å². The number of ether oxygens (including phenoxy) is 1. The average molecular weight is 932 g/mol. The van der Waals surface area contributed by atoms with E-state index in [1.54, 1.807) is 0 Å². The number of allylic oxidation sites excluding steroid dienone is 11. The molecule has 376 valence electrons. The zero-order valence-electron chi connectivity index (χ0n) is 42.7. The fraction of sp³-hybridized carbons (Fsp3) is 0.745. The first kappa shape index (κ1) is 62.4. The van der Waals surface area contributed by atoms with Gasteiger partial charge in [0.2, 0.25) is 5.91 Å². The number of phosphoric acid groups is 1. The van der Waals surface area contributed by atoms with Gasteiger partial charge in [0.25, 0.3) is 0 Å². The lowest BCUT2D eigenvalue weighted by Crippen LogP contribution is -2.47. The highest BCUT2D eigenvalue weighted by atomic mass is 31.2. The number of likely N-dealkylation sites (N-methyl/N-ethyl adjacent to an activating group) is 1. The van der Waals surface area contributed by atoms with Crippen molar-refractivity contribution in [3.05, 3.63) is 72.9 Å². The Hall–Kier alpha value is -2.55. The van der Waals surface area contributed by atoms with Crippen molar-refractivity contribution in [1.29, 1.82) is 0 Å². The van der Waals surface area contributed by atoms with Crippen molar-refractivity contribution < 1.29 is 37.3 Å². The molecule has 0 saturated heterocycles. The highest BCUT2D eigenvalue weighted by Crippen LogP contribution is 2.43. The lowest BCUT2D eigenvalue weighted by Gasteiger charge is -2.27. The van der Waals surface area contributed by atoms with Gasteiger partial charge in [0.1, 0.15) is 19.3 Å². The molecule has 3 unspecified atom stereocenters. The van der Waals surface area contributed by atoms with Crippen molar-refractivity contribution in [3.8, 4) is 0 Å². The minimum atomic E-state index is -4.45. The Morgan fingerprint density at radius 1 is 0.569 bits per heavy atom. The van der Waals surface area contributed by atoms with Crippen molar-refractivity contribution in [3.63, 3.8) is 0 Å². The molecule has 0 spiro atoms. The van der Waals surface area contributed by atoms with Crippen LogP contribution in [0.1, 0.15) is 213 Å². The van der Waals surface area contributed by atoms with E-state index in [1.165, 1.54) is 103 Å². The predicted molar refractivity (Wildman–Crippen MR) is 277 cm³/mol. The van der Waals surface area contributed by atoms with E-state index in [4.69, 9.17) is 13.8 Å². The molecule has 0 fully saturated rings. The first-order chi connectivity index (χ1) is 31.4. The molecular weight excluding hydrogens is 832 g/mol. The van der Waals surface area contributed by atoms with Gasteiger partial charge in [0.15, 0.2) is 0 Å². The van der Waals surface area contributed by atoms with Gasteiger partial charge in [-0.25, -0.2) is 4.57 Å². The van der Waals surface area contributed by atoms with Crippen molar-refractivity contribution in [1.82, 2.24) is 5.32 Å². The maximum absolute atomic E-state index is 13.4. The first-order valence-corrected chi connectivity index (χ1v) is 27.8. The number of carbonyl (C=O) groups excluding carboxylic acids is 2. The van der Waals surface area contributed by atoms with Gasteiger partial charge in [-0.1, -0.05) is 203 Å². The van der Waals surface area contributed by atoms with Crippen LogP contribution in [0.5, 0.6) is 0 Å². The Bertz CT molecular complexity index is 1350. The van der Waals surface area contributed by atoms with Gasteiger partial charge in [0.05, 0.1) is 33.8 Å². The summed E-state index contributed by atoms with van der Waals surface area (Å²) in [5.74, 6) is -0.603. The summed E-state index contributed by atoms with van der Waals surface area (Å²) < 4.78 is 30.4. The topological polar surface area (TPSA) is 111 Å². The number of unbranched alkanes of at least 4 members (excludes halogenated alkanes) is 22. The predicted octanol–water partition coefficient (Wildman–Crippen LogP) is 15.3. The molecule has 0 radical (unpaired) electrons. The number of carbonyl (C=O) groups is 2. The van der Waals surface area contributed by atoms with Crippen LogP contribution in [0.25, 0.3) is 0 Å². The maximum atomic E-state index is 13.4. The molecule has 2 N–H and O–H groups in total. The minimum Gasteiger partial charge on any atom is -0.456 e. The SMILES string of the molecule is CC/C=C/C=C/C=C/CCCCCCCCCC(=O)NC(COP(=O)(O)OCC[N+](C)(C)C)C(/C=C/CCCCCCCCCCC)OC(=O)CC/C=C/C/C=C\CCCCCCCC. The molecule has 0 aromatic heterocycles. The van der Waals surface area contributed by atoms with Crippen LogP contribution >= 0.6 is 7.82 Å². The standard InChI is InChI=1S/C55H99N2O7P/c1-7-10-13-16-19-22-25-27-28-30-32-35-38-41-44-47-54(58)56-52(51-63-65(60,61)62-50-49-57(4,5)6)53(46-43-40-37-34-31-24-21-18-15-12-9-3)64-55(59)48-45-42-39-36-33-29-26-23-20-17-14-11-8-2/h10,13,16,19,22,25,29,33,39,42-43,46,52-53H,7-9,11-12,14-15,17-18,20-21,23-24,26-28,30-32,34-38,40-41,44-45,47-51H2,1-6H3,(H-,56,58,60,61)/p+1/b13-10+,19-16+,25-22+,33-29-,42-39+,46-43+. The number of rotatable bonds is 46. The quantitative estimate of drug-likeness (QED) is 0.0156. The molecule has 10 heteroatoms. The molecule has 0 aromatic rings. The number of quaternary nitrogens is 1. The Balaban J connectivity index is 5.50. The first-order valence-electron chi connectivity index (χ1n) is 26.3. The Morgan fingerprint density at radius 2 is 1.06 bits per heavy atom. The lowest BCUT2D eigenvalue weighted by molar-refractivity contribution is -0.870. The highest BCUT2D eigenvalue weighted by Gasteiger charge is 2.30. The monoisotopic (exact) mass is 932 g/mol. The van der Waals surface area contributed by atoms with E-state index < -0.39 is 25.9 Å². The third-order valence-corrected chi connectivity index (χ3v) is 12.2. The zero-order valence-corrected chi connectivity index (χ0v) is 43.6. The molecule has 0 saturated carbocycles. The number of hydrogen-bond donors (Lipinski definition) is 2. The van der Waals surface area contributed by atoms with Crippen LogP contribution in [-0.4, -0.2) is 74.3 Å². The van der Waals surface area contributed by atoms with E-state index in [2.05, 4.69) is 80.8 Å². The van der Waals surface area contributed by atoms with Crippen LogP contribution in [0.4, 0.5) is 0 Å². The van der Waals surface area contributed by atoms with Gasteiger partial charge >= 0.3 is 13.8 Å². The van der Waals surface area contributed by atoms with Crippen LogP contribution < -0.4 is 5.32 Å². The number of nitrogens with zero attached hydrogens (tertiary/aromatic N) is 1. The summed E-state index contributed by atoms with van der Waals surface area (Å²) in [5, 5.41) is 3.01. The van der Waals surface area contributed by atoms with Crippen LogP contribution in [-0.2, 0) is 27.9 Å². The van der Waals surface area contributed by atoms with Gasteiger partial charge in [0, 0.05) is 12.8 Å². The Labute approximate surface area is 400 Å². The largest absolute Gasteiger partial charge is 0.472 e. The molecule has 9 nitrogen and oxygen atoms in total. The molecule has 0 heterocycles. The van der Waals surface area contributed by atoms with Crippen LogP contribution in [0.2, 0.25) is 0 Å². The van der Waals surface area contributed by atoms with Crippen LogP contribution in [0.3, 0.4) is 0 Å². The fourth-order valence-corrected chi connectivity index (χ4v) is 7.84. The second-order valence-corrected chi connectivity index (χ2v) is 20.2. The van der Waals surface area contributed by atoms with E-state index >= 15 is 0 Å². The molecule has 0 aliphatic heterocycles. The van der Waals surface area contributed by atoms with Crippen LogP contribution in [0.15, 0.2) is 72.9 Å². The molecule has 0 aromatic carbocycles. The van der Waals surface area contributed by atoms with Crippen molar-refractivity contribution >= 4 is 19.7 Å². The number of nitrogens with one attached hydrogen (secondary N) is 1. The number of hydrogen-bond acceptors (Lipinski definition) is 6. The number of esters is 1. The van der Waals surface area contributed by atoms with E-state index in [9.17, 15) is 19.0 Å². The smallest absolute Gasteiger partial charge is 0.456 e. The Kier molecular flexibility index (Phi) is 43.5. The van der Waals surface area contributed by atoms with Crippen molar-refractivity contribution in [2.75, 3.05) is 40.9 Å².